The quantitative estimate of drug-likeness (QED) is 0.424. The van der Waals surface area contributed by atoms with Crippen LogP contribution >= 0.6 is 23.9 Å². The fourth-order valence-electron chi connectivity index (χ4n) is 1.81. The Hall–Kier alpha value is -1.70. The molecule has 0 N–H and O–H groups in total. The van der Waals surface area contributed by atoms with Gasteiger partial charge in [0.15, 0.2) is 5.75 Å². The van der Waals surface area contributed by atoms with Crippen LogP contribution in [0.3, 0.4) is 0 Å². The largest absolute Gasteiger partial charge is 0.480 e. The van der Waals surface area contributed by atoms with Crippen LogP contribution in [0, 0.1) is 0 Å². The summed E-state index contributed by atoms with van der Waals surface area (Å²) in [5, 5.41) is 0.348. The van der Waals surface area contributed by atoms with Gasteiger partial charge in [-0.3, -0.25) is 4.18 Å². The van der Waals surface area contributed by atoms with E-state index < -0.39 is 0 Å². The van der Waals surface area contributed by atoms with Gasteiger partial charge in [0.05, 0.1) is 19.3 Å². The fraction of sp³-hybridized carbons (Fsp3) is 0.333. The van der Waals surface area contributed by atoms with Gasteiger partial charge in [0.1, 0.15) is 16.7 Å². The molecule has 0 saturated heterocycles. The van der Waals surface area contributed by atoms with Gasteiger partial charge in [0.25, 0.3) is 0 Å². The second-order valence-corrected chi connectivity index (χ2v) is 5.59. The van der Waals surface area contributed by atoms with Crippen LogP contribution in [0.15, 0.2) is 24.3 Å². The van der Waals surface area contributed by atoms with Crippen molar-refractivity contribution in [1.29, 1.82) is 0 Å². The first-order valence-electron chi connectivity index (χ1n) is 6.92. The number of hydrogen-bond donors (Lipinski definition) is 0. The molecule has 0 saturated carbocycles. The van der Waals surface area contributed by atoms with Crippen LogP contribution in [0.4, 0.5) is 5.82 Å². The summed E-state index contributed by atoms with van der Waals surface area (Å²) >= 11 is 6.84. The summed E-state index contributed by atoms with van der Waals surface area (Å²) < 4.78 is 16.1. The lowest BCUT2D eigenvalue weighted by atomic mass is 10.1. The molecule has 0 radical (unpaired) electrons. The molecule has 23 heavy (non-hydrogen) atoms. The molecule has 0 spiro atoms. The Kier molecular flexibility index (Phi) is 6.32. The van der Waals surface area contributed by atoms with E-state index >= 15 is 0 Å². The third kappa shape index (κ3) is 4.40. The minimum Gasteiger partial charge on any atom is -0.480 e. The fourth-order valence-corrected chi connectivity index (χ4v) is 2.30. The number of ether oxygens (including phenoxy) is 1. The number of aromatic nitrogens is 2. The molecular weight excluding hydrogens is 338 g/mol. The molecule has 2 aromatic heterocycles. The summed E-state index contributed by atoms with van der Waals surface area (Å²) in [6.45, 7) is 2.42. The SMILES string of the molecule is CCOSOc1ccc(N(C)C)nc1-c1ccc(Cl)nc1OC. The number of anilines is 1. The molecule has 0 amide bonds. The van der Waals surface area contributed by atoms with Crippen molar-refractivity contribution in [2.45, 2.75) is 6.92 Å². The second kappa shape index (κ2) is 8.24. The average Bonchev–Trinajstić information content (AvgIpc) is 2.55. The summed E-state index contributed by atoms with van der Waals surface area (Å²) in [6, 6.07) is 7.18. The highest BCUT2D eigenvalue weighted by Crippen LogP contribution is 2.37. The van der Waals surface area contributed by atoms with E-state index in [4.69, 9.17) is 24.7 Å². The third-order valence-corrected chi connectivity index (χ3v) is 3.66. The average molecular weight is 356 g/mol. The zero-order valence-corrected chi connectivity index (χ0v) is 14.9. The van der Waals surface area contributed by atoms with Crippen molar-refractivity contribution >= 4 is 29.7 Å². The summed E-state index contributed by atoms with van der Waals surface area (Å²) in [5.41, 5.74) is 1.29. The van der Waals surface area contributed by atoms with Crippen molar-refractivity contribution in [2.75, 3.05) is 32.7 Å². The van der Waals surface area contributed by atoms with Gasteiger partial charge < -0.3 is 13.8 Å². The predicted molar refractivity (Wildman–Crippen MR) is 93.2 cm³/mol. The van der Waals surface area contributed by atoms with E-state index in [1.165, 1.54) is 7.11 Å². The van der Waals surface area contributed by atoms with Gasteiger partial charge in [-0.15, -0.1) is 0 Å². The van der Waals surface area contributed by atoms with E-state index in [1.807, 2.05) is 38.1 Å². The first kappa shape index (κ1) is 17.7. The molecule has 0 aliphatic rings. The van der Waals surface area contributed by atoms with Crippen LogP contribution in [0.1, 0.15) is 6.92 Å². The molecule has 0 bridgehead atoms. The Balaban J connectivity index is 2.50. The Morgan fingerprint density at radius 3 is 2.61 bits per heavy atom. The number of nitrogens with zero attached hydrogens (tertiary/aromatic N) is 3. The van der Waals surface area contributed by atoms with Gasteiger partial charge in [0, 0.05) is 14.1 Å². The molecule has 0 unspecified atom stereocenters. The smallest absolute Gasteiger partial charge is 0.225 e. The first-order chi connectivity index (χ1) is 11.1. The second-order valence-electron chi connectivity index (χ2n) is 4.66. The Labute approximate surface area is 145 Å². The molecule has 2 heterocycles. The first-order valence-corrected chi connectivity index (χ1v) is 7.96. The van der Waals surface area contributed by atoms with Gasteiger partial charge in [-0.25, -0.2) is 9.97 Å². The number of methoxy groups -OCH3 is 1. The number of hydrogen-bond acceptors (Lipinski definition) is 7. The van der Waals surface area contributed by atoms with E-state index in [2.05, 4.69) is 9.97 Å². The summed E-state index contributed by atoms with van der Waals surface area (Å²) in [6.07, 6.45) is 0. The van der Waals surface area contributed by atoms with E-state index in [-0.39, 0.29) is 0 Å². The van der Waals surface area contributed by atoms with Crippen molar-refractivity contribution in [3.8, 4) is 22.9 Å². The highest BCUT2D eigenvalue weighted by atomic mass is 35.5. The zero-order chi connectivity index (χ0) is 16.8. The van der Waals surface area contributed by atoms with Crippen LogP contribution in [-0.2, 0) is 4.18 Å². The minimum atomic E-state index is 0.348. The molecule has 0 aliphatic heterocycles. The number of pyridine rings is 2. The van der Waals surface area contributed by atoms with E-state index in [0.29, 0.717) is 34.6 Å². The predicted octanol–water partition coefficient (Wildman–Crippen LogP) is 3.85. The molecular formula is C15H18ClN3O3S. The van der Waals surface area contributed by atoms with E-state index in [9.17, 15) is 0 Å². The Morgan fingerprint density at radius 1 is 1.17 bits per heavy atom. The van der Waals surface area contributed by atoms with Gasteiger partial charge in [-0.1, -0.05) is 11.6 Å². The Bertz CT molecular complexity index is 670. The maximum absolute atomic E-state index is 5.93. The molecule has 0 atom stereocenters. The minimum absolute atomic E-state index is 0.348. The van der Waals surface area contributed by atoms with Crippen LogP contribution in [0.5, 0.6) is 11.6 Å². The van der Waals surface area contributed by atoms with E-state index in [1.54, 1.807) is 12.1 Å². The monoisotopic (exact) mass is 355 g/mol. The lowest BCUT2D eigenvalue weighted by molar-refractivity contribution is 0.369. The van der Waals surface area contributed by atoms with Gasteiger partial charge in [-0.2, -0.15) is 0 Å². The molecule has 2 rings (SSSR count). The molecule has 0 fully saturated rings. The van der Waals surface area contributed by atoms with Crippen LogP contribution in [-0.4, -0.2) is 37.8 Å². The van der Waals surface area contributed by atoms with E-state index in [0.717, 1.165) is 18.1 Å². The summed E-state index contributed by atoms with van der Waals surface area (Å²) in [7, 11) is 5.37. The van der Waals surface area contributed by atoms with Crippen LogP contribution in [0.2, 0.25) is 5.15 Å². The molecule has 124 valence electrons. The summed E-state index contributed by atoms with van der Waals surface area (Å²) in [5.74, 6) is 1.72. The van der Waals surface area contributed by atoms with Crippen LogP contribution < -0.4 is 13.8 Å². The van der Waals surface area contributed by atoms with Crippen molar-refractivity contribution in [3.05, 3.63) is 29.4 Å². The molecule has 0 aromatic carbocycles. The maximum Gasteiger partial charge on any atom is 0.225 e. The lowest BCUT2D eigenvalue weighted by Crippen LogP contribution is -2.11. The lowest BCUT2D eigenvalue weighted by Gasteiger charge is -2.16. The molecule has 6 nitrogen and oxygen atoms in total. The standard InChI is InChI=1S/C15H18ClN3O3S/c1-5-21-23-22-11-7-9-13(19(2)3)18-14(11)10-6-8-12(16)17-15(10)20-4/h6-9H,5H2,1-4H3. The topological polar surface area (TPSA) is 56.7 Å². The zero-order valence-electron chi connectivity index (χ0n) is 13.4. The van der Waals surface area contributed by atoms with Crippen LogP contribution in [0.25, 0.3) is 11.3 Å². The third-order valence-electron chi connectivity index (χ3n) is 2.87. The van der Waals surface area contributed by atoms with Gasteiger partial charge in [-0.05, 0) is 31.2 Å². The Morgan fingerprint density at radius 2 is 1.96 bits per heavy atom. The van der Waals surface area contributed by atoms with Gasteiger partial charge in [0.2, 0.25) is 18.2 Å². The molecule has 8 heteroatoms. The summed E-state index contributed by atoms with van der Waals surface area (Å²) in [4.78, 5) is 10.7. The van der Waals surface area contributed by atoms with Crippen molar-refractivity contribution in [2.24, 2.45) is 0 Å². The number of halogens is 1. The van der Waals surface area contributed by atoms with Crippen molar-refractivity contribution in [3.63, 3.8) is 0 Å². The van der Waals surface area contributed by atoms with Crippen molar-refractivity contribution in [1.82, 2.24) is 9.97 Å². The molecule has 2 aromatic rings. The van der Waals surface area contributed by atoms with Crippen molar-refractivity contribution < 1.29 is 13.1 Å². The molecule has 0 aliphatic carbocycles. The normalized spacial score (nSPS) is 10.5. The number of rotatable bonds is 7. The van der Waals surface area contributed by atoms with Gasteiger partial charge >= 0.3 is 0 Å². The maximum atomic E-state index is 5.93. The highest BCUT2D eigenvalue weighted by Gasteiger charge is 2.17. The highest BCUT2D eigenvalue weighted by molar-refractivity contribution is 7.90.